The maximum atomic E-state index is 12.8. The molecular formula is C14H14BrF3N2. The van der Waals surface area contributed by atoms with E-state index in [1.165, 1.54) is 17.7 Å². The number of allylic oxidation sites excluding steroid dienone is 1. The highest BCUT2D eigenvalue weighted by Crippen LogP contribution is 2.42. The van der Waals surface area contributed by atoms with Gasteiger partial charge in [-0.25, -0.2) is 0 Å². The number of nitrogens with zero attached hydrogens (tertiary/aromatic N) is 1. The molecule has 0 amide bonds. The number of hydrogen-bond acceptors (Lipinski definition) is 2. The lowest BCUT2D eigenvalue weighted by Crippen LogP contribution is -2.30. The van der Waals surface area contributed by atoms with Crippen molar-refractivity contribution in [3.05, 3.63) is 35.5 Å². The number of alkyl halides is 4. The van der Waals surface area contributed by atoms with Gasteiger partial charge in [0.05, 0.1) is 16.9 Å². The molecule has 108 valence electrons. The second kappa shape index (κ2) is 4.98. The van der Waals surface area contributed by atoms with Gasteiger partial charge in [0, 0.05) is 11.5 Å². The van der Waals surface area contributed by atoms with Crippen LogP contribution in [0.1, 0.15) is 24.8 Å². The average Bonchev–Trinajstić information content (AvgIpc) is 2.61. The minimum atomic E-state index is -4.30. The lowest BCUT2D eigenvalue weighted by atomic mass is 10.1. The Morgan fingerprint density at radius 3 is 2.85 bits per heavy atom. The van der Waals surface area contributed by atoms with E-state index in [1.54, 1.807) is 0 Å². The Morgan fingerprint density at radius 2 is 2.15 bits per heavy atom. The lowest BCUT2D eigenvalue weighted by molar-refractivity contribution is -0.137. The number of benzene rings is 1. The Bertz CT molecular complexity index is 554. The van der Waals surface area contributed by atoms with Crippen molar-refractivity contribution in [1.29, 1.82) is 0 Å². The Labute approximate surface area is 123 Å². The molecule has 20 heavy (non-hydrogen) atoms. The number of nitrogens with one attached hydrogen (secondary N) is 1. The molecule has 1 aromatic carbocycles. The summed E-state index contributed by atoms with van der Waals surface area (Å²) in [6, 6.07) is 3.89. The van der Waals surface area contributed by atoms with Crippen molar-refractivity contribution < 1.29 is 13.2 Å². The van der Waals surface area contributed by atoms with E-state index < -0.39 is 11.7 Å². The first-order valence-corrected chi connectivity index (χ1v) is 7.63. The largest absolute Gasteiger partial charge is 0.416 e. The molecule has 0 radical (unpaired) electrons. The summed E-state index contributed by atoms with van der Waals surface area (Å²) in [5.41, 5.74) is 2.00. The molecule has 2 aliphatic heterocycles. The molecule has 1 aromatic rings. The van der Waals surface area contributed by atoms with E-state index >= 15 is 0 Å². The SMILES string of the molecule is FC(F)(F)c1ccc2c(c1)N1C=C(CBr)CCCC1N2. The van der Waals surface area contributed by atoms with Gasteiger partial charge in [-0.15, -0.1) is 0 Å². The number of fused-ring (bicyclic) bond motifs is 3. The monoisotopic (exact) mass is 346 g/mol. The molecule has 1 atom stereocenters. The second-order valence-corrected chi connectivity index (χ2v) is 5.67. The number of hydrogen-bond donors (Lipinski definition) is 1. The van der Waals surface area contributed by atoms with Gasteiger partial charge in [0.1, 0.15) is 6.17 Å². The van der Waals surface area contributed by atoms with E-state index in [0.717, 1.165) is 36.3 Å². The molecule has 0 aromatic heterocycles. The normalized spacial score (nSPS) is 21.7. The van der Waals surface area contributed by atoms with Crippen LogP contribution in [0, 0.1) is 0 Å². The molecule has 0 saturated carbocycles. The molecule has 3 rings (SSSR count). The summed E-state index contributed by atoms with van der Waals surface area (Å²) in [5.74, 6) is 0. The summed E-state index contributed by atoms with van der Waals surface area (Å²) in [4.78, 5) is 1.94. The van der Waals surface area contributed by atoms with Gasteiger partial charge in [0.25, 0.3) is 0 Å². The highest BCUT2D eigenvalue weighted by Gasteiger charge is 2.35. The molecule has 0 bridgehead atoms. The quantitative estimate of drug-likeness (QED) is 0.739. The van der Waals surface area contributed by atoms with E-state index in [-0.39, 0.29) is 6.17 Å². The Balaban J connectivity index is 2.02. The van der Waals surface area contributed by atoms with E-state index in [2.05, 4.69) is 21.2 Å². The van der Waals surface area contributed by atoms with Crippen LogP contribution in [-0.4, -0.2) is 11.5 Å². The van der Waals surface area contributed by atoms with Gasteiger partial charge >= 0.3 is 6.18 Å². The number of anilines is 2. The summed E-state index contributed by atoms with van der Waals surface area (Å²) in [6.45, 7) is 0. The van der Waals surface area contributed by atoms with Crippen LogP contribution in [0.25, 0.3) is 0 Å². The first-order valence-electron chi connectivity index (χ1n) is 6.50. The van der Waals surface area contributed by atoms with E-state index in [4.69, 9.17) is 0 Å². The molecule has 0 spiro atoms. The van der Waals surface area contributed by atoms with Crippen LogP contribution in [0.4, 0.5) is 24.5 Å². The molecule has 0 saturated heterocycles. The maximum Gasteiger partial charge on any atom is 0.416 e. The first kappa shape index (κ1) is 13.8. The molecule has 0 aliphatic carbocycles. The van der Waals surface area contributed by atoms with Gasteiger partial charge in [0.2, 0.25) is 0 Å². The van der Waals surface area contributed by atoms with Crippen molar-refractivity contribution in [2.24, 2.45) is 0 Å². The van der Waals surface area contributed by atoms with Crippen LogP contribution >= 0.6 is 15.9 Å². The summed E-state index contributed by atoms with van der Waals surface area (Å²) in [6.07, 6.45) is 0.667. The van der Waals surface area contributed by atoms with Crippen LogP contribution in [0.5, 0.6) is 0 Å². The molecule has 6 heteroatoms. The standard InChI is InChI=1S/C14H14BrF3N2/c15-7-9-2-1-3-13-19-11-5-4-10(14(16,17)18)6-12(11)20(13)8-9/h4-6,8,13,19H,1-3,7H2. The Morgan fingerprint density at radius 1 is 1.35 bits per heavy atom. The van der Waals surface area contributed by atoms with E-state index in [9.17, 15) is 13.2 Å². The second-order valence-electron chi connectivity index (χ2n) is 5.11. The summed E-state index contributed by atoms with van der Waals surface area (Å²) in [7, 11) is 0. The third kappa shape index (κ3) is 2.41. The zero-order chi connectivity index (χ0) is 14.3. The molecule has 2 heterocycles. The minimum absolute atomic E-state index is 0.0602. The minimum Gasteiger partial charge on any atom is -0.363 e. The number of rotatable bonds is 1. The Kier molecular flexibility index (Phi) is 3.44. The molecule has 2 nitrogen and oxygen atoms in total. The highest BCUT2D eigenvalue weighted by atomic mass is 79.9. The fraction of sp³-hybridized carbons (Fsp3) is 0.429. The maximum absolute atomic E-state index is 12.8. The van der Waals surface area contributed by atoms with Gasteiger partial charge in [-0.05, 0) is 43.0 Å². The average molecular weight is 347 g/mol. The van der Waals surface area contributed by atoms with Crippen molar-refractivity contribution in [1.82, 2.24) is 0 Å². The van der Waals surface area contributed by atoms with Gasteiger partial charge in [-0.2, -0.15) is 13.2 Å². The van der Waals surface area contributed by atoms with Gasteiger partial charge in [-0.3, -0.25) is 0 Å². The van der Waals surface area contributed by atoms with E-state index in [1.807, 2.05) is 11.1 Å². The third-order valence-corrected chi connectivity index (χ3v) is 4.45. The zero-order valence-electron chi connectivity index (χ0n) is 10.7. The zero-order valence-corrected chi connectivity index (χ0v) is 12.3. The van der Waals surface area contributed by atoms with Gasteiger partial charge in [0.15, 0.2) is 0 Å². The molecule has 1 N–H and O–H groups in total. The van der Waals surface area contributed by atoms with Crippen LogP contribution in [0.15, 0.2) is 30.0 Å². The van der Waals surface area contributed by atoms with Gasteiger partial charge < -0.3 is 10.2 Å². The molecule has 1 unspecified atom stereocenters. The summed E-state index contributed by atoms with van der Waals surface area (Å²) in [5, 5.41) is 4.05. The van der Waals surface area contributed by atoms with Crippen molar-refractivity contribution in [2.45, 2.75) is 31.6 Å². The predicted octanol–water partition coefficient (Wildman–Crippen LogP) is 4.73. The lowest BCUT2D eigenvalue weighted by Gasteiger charge is -2.22. The van der Waals surface area contributed by atoms with E-state index in [0.29, 0.717) is 5.69 Å². The van der Waals surface area contributed by atoms with Crippen LogP contribution in [0.2, 0.25) is 0 Å². The number of halogens is 4. The van der Waals surface area contributed by atoms with Crippen molar-refractivity contribution in [2.75, 3.05) is 15.5 Å². The predicted molar refractivity (Wildman–Crippen MR) is 77.1 cm³/mol. The summed E-state index contributed by atoms with van der Waals surface area (Å²) >= 11 is 3.43. The fourth-order valence-corrected chi connectivity index (χ4v) is 3.14. The van der Waals surface area contributed by atoms with Crippen molar-refractivity contribution in [3.8, 4) is 0 Å². The molecule has 0 fully saturated rings. The van der Waals surface area contributed by atoms with Crippen LogP contribution < -0.4 is 10.2 Å². The highest BCUT2D eigenvalue weighted by molar-refractivity contribution is 9.09. The first-order chi connectivity index (χ1) is 9.49. The van der Waals surface area contributed by atoms with Crippen LogP contribution in [-0.2, 0) is 6.18 Å². The summed E-state index contributed by atoms with van der Waals surface area (Å²) < 4.78 is 38.5. The van der Waals surface area contributed by atoms with Crippen molar-refractivity contribution >= 4 is 27.3 Å². The fourth-order valence-electron chi connectivity index (χ4n) is 2.72. The van der Waals surface area contributed by atoms with Gasteiger partial charge in [-0.1, -0.05) is 15.9 Å². The topological polar surface area (TPSA) is 15.3 Å². The molecular weight excluding hydrogens is 333 g/mol. The van der Waals surface area contributed by atoms with Crippen molar-refractivity contribution in [3.63, 3.8) is 0 Å². The van der Waals surface area contributed by atoms with Crippen LogP contribution in [0.3, 0.4) is 0 Å². The smallest absolute Gasteiger partial charge is 0.363 e. The molecule has 2 aliphatic rings. The Hall–Kier alpha value is -1.17. The third-order valence-electron chi connectivity index (χ3n) is 3.73.